The zero-order chi connectivity index (χ0) is 9.97. The molecule has 0 spiro atoms. The Balaban J connectivity index is 1.89. The van der Waals surface area contributed by atoms with E-state index < -0.39 is 0 Å². The Morgan fingerprint density at radius 2 is 1.64 bits per heavy atom. The molecule has 0 radical (unpaired) electrons. The fraction of sp³-hybridized carbons (Fsp3) is 0.818. The lowest BCUT2D eigenvalue weighted by molar-refractivity contribution is -0.128. The molecule has 1 saturated carbocycles. The van der Waals surface area contributed by atoms with Crippen LogP contribution < -0.4 is 0 Å². The number of ether oxygens (including phenoxy) is 1. The summed E-state index contributed by atoms with van der Waals surface area (Å²) in [6.07, 6.45) is 3.76. The summed E-state index contributed by atoms with van der Waals surface area (Å²) in [5.41, 5.74) is 0. The maximum Gasteiger partial charge on any atom is 0.143 e. The van der Waals surface area contributed by atoms with Crippen LogP contribution in [0, 0.1) is 11.8 Å². The van der Waals surface area contributed by atoms with Gasteiger partial charge in [-0.25, -0.2) is 0 Å². The second-order valence-corrected chi connectivity index (χ2v) is 4.28. The molecule has 0 atom stereocenters. The fourth-order valence-electron chi connectivity index (χ4n) is 2.35. The number of Topliss-reactive ketones (excluding diaryl/α,β-unsaturated/α-hetero) is 2. The highest BCUT2D eigenvalue weighted by Crippen LogP contribution is 2.29. The minimum Gasteiger partial charge on any atom is -0.381 e. The predicted molar refractivity (Wildman–Crippen MR) is 50.9 cm³/mol. The van der Waals surface area contributed by atoms with Crippen molar-refractivity contribution in [3.8, 4) is 0 Å². The van der Waals surface area contributed by atoms with Crippen LogP contribution in [0.15, 0.2) is 0 Å². The molecule has 0 N–H and O–H groups in total. The Kier molecular flexibility index (Phi) is 2.96. The van der Waals surface area contributed by atoms with Gasteiger partial charge in [-0.2, -0.15) is 0 Å². The monoisotopic (exact) mass is 196 g/mol. The van der Waals surface area contributed by atoms with Crippen molar-refractivity contribution in [1.29, 1.82) is 0 Å². The summed E-state index contributed by atoms with van der Waals surface area (Å²) in [4.78, 5) is 22.8. The second-order valence-electron chi connectivity index (χ2n) is 4.28. The van der Waals surface area contributed by atoms with Gasteiger partial charge in [0.1, 0.15) is 11.6 Å². The van der Waals surface area contributed by atoms with Crippen LogP contribution in [0.25, 0.3) is 0 Å². The molecule has 1 aliphatic carbocycles. The van der Waals surface area contributed by atoms with E-state index in [4.69, 9.17) is 4.74 Å². The Morgan fingerprint density at radius 1 is 1.07 bits per heavy atom. The molecule has 0 aromatic carbocycles. The summed E-state index contributed by atoms with van der Waals surface area (Å²) < 4.78 is 5.25. The van der Waals surface area contributed by atoms with Crippen molar-refractivity contribution in [2.24, 2.45) is 11.8 Å². The van der Waals surface area contributed by atoms with Gasteiger partial charge in [-0.1, -0.05) is 0 Å². The molecule has 0 aromatic rings. The van der Waals surface area contributed by atoms with Crippen LogP contribution in [0.2, 0.25) is 0 Å². The topological polar surface area (TPSA) is 43.4 Å². The highest BCUT2D eigenvalue weighted by Gasteiger charge is 2.34. The Morgan fingerprint density at radius 3 is 2.21 bits per heavy atom. The van der Waals surface area contributed by atoms with Gasteiger partial charge in [0, 0.05) is 26.1 Å². The summed E-state index contributed by atoms with van der Waals surface area (Å²) >= 11 is 0. The minimum absolute atomic E-state index is 0.168. The molecule has 3 heteroatoms. The zero-order valence-corrected chi connectivity index (χ0v) is 8.33. The van der Waals surface area contributed by atoms with Crippen LogP contribution >= 0.6 is 0 Å². The van der Waals surface area contributed by atoms with E-state index in [1.807, 2.05) is 0 Å². The SMILES string of the molecule is O=C1CCC(=O)C1CC1CCOCC1. The van der Waals surface area contributed by atoms with Crippen LogP contribution in [0.1, 0.15) is 32.1 Å². The molecule has 78 valence electrons. The lowest BCUT2D eigenvalue weighted by Crippen LogP contribution is -2.23. The maximum absolute atomic E-state index is 11.4. The molecule has 3 nitrogen and oxygen atoms in total. The molecular formula is C11H16O3. The quantitative estimate of drug-likeness (QED) is 0.626. The minimum atomic E-state index is -0.266. The van der Waals surface area contributed by atoms with Crippen molar-refractivity contribution in [3.63, 3.8) is 0 Å². The molecule has 2 fully saturated rings. The van der Waals surface area contributed by atoms with E-state index >= 15 is 0 Å². The van der Waals surface area contributed by atoms with Crippen LogP contribution in [0.4, 0.5) is 0 Å². The average Bonchev–Trinajstić information content (AvgIpc) is 2.51. The van der Waals surface area contributed by atoms with Crippen LogP contribution in [0.5, 0.6) is 0 Å². The molecule has 0 amide bonds. The Labute approximate surface area is 83.8 Å². The van der Waals surface area contributed by atoms with Crippen molar-refractivity contribution in [2.75, 3.05) is 13.2 Å². The smallest absolute Gasteiger partial charge is 0.143 e. The number of carbonyl (C=O) groups excluding carboxylic acids is 2. The van der Waals surface area contributed by atoms with E-state index in [0.717, 1.165) is 32.5 Å². The molecular weight excluding hydrogens is 180 g/mol. The first kappa shape index (κ1) is 9.84. The fourth-order valence-corrected chi connectivity index (χ4v) is 2.35. The van der Waals surface area contributed by atoms with Crippen LogP contribution in [-0.2, 0) is 14.3 Å². The molecule has 0 aromatic heterocycles. The van der Waals surface area contributed by atoms with Crippen molar-refractivity contribution in [3.05, 3.63) is 0 Å². The summed E-state index contributed by atoms with van der Waals surface area (Å²) in [6, 6.07) is 0. The average molecular weight is 196 g/mol. The lowest BCUT2D eigenvalue weighted by Gasteiger charge is -2.23. The van der Waals surface area contributed by atoms with Crippen molar-refractivity contribution >= 4 is 11.6 Å². The molecule has 2 aliphatic rings. The number of carbonyl (C=O) groups is 2. The highest BCUT2D eigenvalue weighted by atomic mass is 16.5. The van der Waals surface area contributed by atoms with Gasteiger partial charge < -0.3 is 4.74 Å². The lowest BCUT2D eigenvalue weighted by atomic mass is 9.87. The Hall–Kier alpha value is -0.700. The van der Waals surface area contributed by atoms with Gasteiger partial charge in [-0.05, 0) is 25.2 Å². The van der Waals surface area contributed by atoms with Gasteiger partial charge in [-0.3, -0.25) is 9.59 Å². The summed E-state index contributed by atoms with van der Waals surface area (Å²) in [5, 5.41) is 0. The molecule has 1 aliphatic heterocycles. The van der Waals surface area contributed by atoms with E-state index in [0.29, 0.717) is 18.8 Å². The number of hydrogen-bond donors (Lipinski definition) is 0. The molecule has 14 heavy (non-hydrogen) atoms. The van der Waals surface area contributed by atoms with Crippen molar-refractivity contribution < 1.29 is 14.3 Å². The highest BCUT2D eigenvalue weighted by molar-refractivity contribution is 6.08. The third-order valence-corrected chi connectivity index (χ3v) is 3.31. The van der Waals surface area contributed by atoms with Crippen LogP contribution in [-0.4, -0.2) is 24.8 Å². The van der Waals surface area contributed by atoms with Gasteiger partial charge in [0.2, 0.25) is 0 Å². The first-order chi connectivity index (χ1) is 6.77. The molecule has 2 rings (SSSR count). The van der Waals surface area contributed by atoms with Crippen LogP contribution in [0.3, 0.4) is 0 Å². The Bertz CT molecular complexity index is 225. The van der Waals surface area contributed by atoms with Crippen molar-refractivity contribution in [2.45, 2.75) is 32.1 Å². The molecule has 0 unspecified atom stereocenters. The number of rotatable bonds is 2. The van der Waals surface area contributed by atoms with E-state index in [1.165, 1.54) is 0 Å². The van der Waals surface area contributed by atoms with E-state index in [-0.39, 0.29) is 17.5 Å². The summed E-state index contributed by atoms with van der Waals surface area (Å²) in [7, 11) is 0. The number of ketones is 2. The van der Waals surface area contributed by atoms with E-state index in [9.17, 15) is 9.59 Å². The molecule has 1 heterocycles. The largest absolute Gasteiger partial charge is 0.381 e. The van der Waals surface area contributed by atoms with E-state index in [1.54, 1.807) is 0 Å². The summed E-state index contributed by atoms with van der Waals surface area (Å²) in [6.45, 7) is 1.58. The second kappa shape index (κ2) is 4.22. The van der Waals surface area contributed by atoms with Crippen molar-refractivity contribution in [1.82, 2.24) is 0 Å². The molecule has 1 saturated heterocycles. The first-order valence-electron chi connectivity index (χ1n) is 5.40. The number of hydrogen-bond acceptors (Lipinski definition) is 3. The molecule has 0 bridgehead atoms. The predicted octanol–water partition coefficient (Wildman–Crippen LogP) is 1.35. The standard InChI is InChI=1S/C11H16O3/c12-10-1-2-11(13)9(10)7-8-3-5-14-6-4-8/h8-9H,1-7H2. The third-order valence-electron chi connectivity index (χ3n) is 3.31. The van der Waals surface area contributed by atoms with Gasteiger partial charge >= 0.3 is 0 Å². The maximum atomic E-state index is 11.4. The van der Waals surface area contributed by atoms with E-state index in [2.05, 4.69) is 0 Å². The van der Waals surface area contributed by atoms with Gasteiger partial charge in [0.05, 0.1) is 5.92 Å². The normalized spacial score (nSPS) is 26.0. The zero-order valence-electron chi connectivity index (χ0n) is 8.33. The first-order valence-corrected chi connectivity index (χ1v) is 5.40. The summed E-state index contributed by atoms with van der Waals surface area (Å²) in [5.74, 6) is 0.598. The van der Waals surface area contributed by atoms with Gasteiger partial charge in [-0.15, -0.1) is 0 Å². The van der Waals surface area contributed by atoms with Gasteiger partial charge in [0.25, 0.3) is 0 Å². The van der Waals surface area contributed by atoms with Gasteiger partial charge in [0.15, 0.2) is 0 Å². The third kappa shape index (κ3) is 2.03.